The van der Waals surface area contributed by atoms with Gasteiger partial charge < -0.3 is 14.8 Å². The third-order valence-electron chi connectivity index (χ3n) is 4.67. The van der Waals surface area contributed by atoms with Crippen molar-refractivity contribution in [3.05, 3.63) is 54.1 Å². The Kier molecular flexibility index (Phi) is 5.41. The number of aromatic nitrogens is 4. The van der Waals surface area contributed by atoms with Gasteiger partial charge in [-0.3, -0.25) is 4.79 Å². The third kappa shape index (κ3) is 4.53. The Balaban J connectivity index is 1.29. The van der Waals surface area contributed by atoms with Gasteiger partial charge in [0.15, 0.2) is 11.5 Å². The van der Waals surface area contributed by atoms with Crippen molar-refractivity contribution in [2.45, 2.75) is 32.4 Å². The van der Waals surface area contributed by atoms with Crippen LogP contribution in [-0.4, -0.2) is 45.4 Å². The van der Waals surface area contributed by atoms with Crippen molar-refractivity contribution >= 4 is 5.91 Å². The molecule has 3 aromatic rings. The van der Waals surface area contributed by atoms with Crippen LogP contribution in [0.15, 0.2) is 48.5 Å². The number of carbonyl (C=O) groups is 1. The number of tetrazole rings is 1. The van der Waals surface area contributed by atoms with Crippen molar-refractivity contribution in [2.75, 3.05) is 13.2 Å². The number of fused-ring (bicyclic) bond motifs is 1. The number of amides is 1. The van der Waals surface area contributed by atoms with Gasteiger partial charge in [0.05, 0.1) is 6.54 Å². The molecule has 2 aromatic carbocycles. The predicted molar refractivity (Wildman–Crippen MR) is 107 cm³/mol. The van der Waals surface area contributed by atoms with E-state index in [1.807, 2.05) is 36.4 Å². The lowest BCUT2D eigenvalue weighted by molar-refractivity contribution is -0.122. The Morgan fingerprint density at radius 3 is 2.69 bits per heavy atom. The van der Waals surface area contributed by atoms with Gasteiger partial charge >= 0.3 is 0 Å². The molecule has 0 radical (unpaired) electrons. The summed E-state index contributed by atoms with van der Waals surface area (Å²) < 4.78 is 11.5. The molecule has 1 amide bonds. The minimum absolute atomic E-state index is 0.0127. The van der Waals surface area contributed by atoms with Crippen LogP contribution in [0.5, 0.6) is 11.5 Å². The largest absolute Gasteiger partial charge is 0.486 e. The molecule has 1 N–H and O–H groups in total. The van der Waals surface area contributed by atoms with Gasteiger partial charge in [-0.2, -0.15) is 4.80 Å². The Bertz CT molecular complexity index is 984. The molecule has 4 rings (SSSR count). The molecule has 0 bridgehead atoms. The molecule has 2 heterocycles. The molecule has 0 saturated heterocycles. The maximum Gasteiger partial charge on any atom is 0.243 e. The molecular weight excluding hydrogens is 370 g/mol. The molecule has 1 aliphatic rings. The first-order chi connectivity index (χ1) is 14.1. The van der Waals surface area contributed by atoms with Gasteiger partial charge in [-0.1, -0.05) is 50.2 Å². The van der Waals surface area contributed by atoms with E-state index < -0.39 is 0 Å². The lowest BCUT2D eigenvalue weighted by Gasteiger charge is -2.26. The summed E-state index contributed by atoms with van der Waals surface area (Å²) >= 11 is 0. The summed E-state index contributed by atoms with van der Waals surface area (Å²) in [5, 5.41) is 15.1. The molecule has 0 fully saturated rings. The van der Waals surface area contributed by atoms with Crippen LogP contribution in [0, 0.1) is 0 Å². The zero-order valence-electron chi connectivity index (χ0n) is 16.4. The average Bonchev–Trinajstić information content (AvgIpc) is 3.20. The second-order valence-electron chi connectivity index (χ2n) is 7.22. The van der Waals surface area contributed by atoms with Gasteiger partial charge in [0.2, 0.25) is 11.7 Å². The number of nitrogens with zero attached hydrogens (tertiary/aromatic N) is 4. The monoisotopic (exact) mass is 393 g/mol. The summed E-state index contributed by atoms with van der Waals surface area (Å²) in [5.74, 6) is 2.14. The van der Waals surface area contributed by atoms with Gasteiger partial charge in [0.25, 0.3) is 0 Å². The van der Waals surface area contributed by atoms with E-state index in [0.29, 0.717) is 30.6 Å². The molecule has 1 aromatic heterocycles. The smallest absolute Gasteiger partial charge is 0.243 e. The molecule has 0 saturated carbocycles. The second-order valence-corrected chi connectivity index (χ2v) is 7.22. The Labute approximate surface area is 168 Å². The standard InChI is InChI=1S/C21H23N5O3/c1-14(2)15-7-9-16(10-8-15)21-23-25-26(24-21)12-20(27)22-11-17-13-28-18-5-3-4-6-19(18)29-17/h3-10,14,17H,11-13H2,1-2H3,(H,22,27). The van der Waals surface area contributed by atoms with Gasteiger partial charge in [0, 0.05) is 5.56 Å². The summed E-state index contributed by atoms with van der Waals surface area (Å²) in [4.78, 5) is 13.5. The van der Waals surface area contributed by atoms with Gasteiger partial charge in [-0.05, 0) is 28.8 Å². The number of para-hydroxylation sites is 2. The molecule has 8 heteroatoms. The fourth-order valence-corrected chi connectivity index (χ4v) is 3.02. The number of nitrogens with one attached hydrogen (secondary N) is 1. The molecular formula is C21H23N5O3. The van der Waals surface area contributed by atoms with Crippen LogP contribution in [0.2, 0.25) is 0 Å². The summed E-state index contributed by atoms with van der Waals surface area (Å²) in [5.41, 5.74) is 2.12. The van der Waals surface area contributed by atoms with Gasteiger partial charge in [-0.25, -0.2) is 0 Å². The fraction of sp³-hybridized carbons (Fsp3) is 0.333. The van der Waals surface area contributed by atoms with Crippen LogP contribution >= 0.6 is 0 Å². The van der Waals surface area contributed by atoms with Crippen LogP contribution in [-0.2, 0) is 11.3 Å². The summed E-state index contributed by atoms with van der Waals surface area (Å²) in [7, 11) is 0. The highest BCUT2D eigenvalue weighted by Crippen LogP contribution is 2.30. The zero-order valence-corrected chi connectivity index (χ0v) is 16.4. The van der Waals surface area contributed by atoms with E-state index in [1.165, 1.54) is 10.4 Å². The number of rotatable bonds is 6. The van der Waals surface area contributed by atoms with Crippen LogP contribution in [0.1, 0.15) is 25.3 Å². The maximum absolute atomic E-state index is 12.2. The first-order valence-corrected chi connectivity index (χ1v) is 9.62. The van der Waals surface area contributed by atoms with Gasteiger partial charge in [0.1, 0.15) is 19.3 Å². The summed E-state index contributed by atoms with van der Waals surface area (Å²) in [6.07, 6.45) is -0.243. The molecule has 1 aliphatic heterocycles. The predicted octanol–water partition coefficient (Wildman–Crippen LogP) is 2.42. The van der Waals surface area contributed by atoms with E-state index in [0.717, 1.165) is 11.3 Å². The minimum atomic E-state index is -0.243. The highest BCUT2D eigenvalue weighted by molar-refractivity contribution is 5.75. The van der Waals surface area contributed by atoms with E-state index in [-0.39, 0.29) is 18.6 Å². The quantitative estimate of drug-likeness (QED) is 0.692. The average molecular weight is 393 g/mol. The SMILES string of the molecule is CC(C)c1ccc(-c2nnn(CC(=O)NCC3COc4ccccc4O3)n2)cc1. The number of hydrogen-bond donors (Lipinski definition) is 1. The number of carbonyl (C=O) groups excluding carboxylic acids is 1. The molecule has 1 atom stereocenters. The first kappa shape index (κ1) is 18.9. The zero-order chi connectivity index (χ0) is 20.2. The minimum Gasteiger partial charge on any atom is -0.486 e. The highest BCUT2D eigenvalue weighted by Gasteiger charge is 2.21. The maximum atomic E-state index is 12.2. The number of hydrogen-bond acceptors (Lipinski definition) is 6. The second kappa shape index (κ2) is 8.30. The molecule has 0 aliphatic carbocycles. The van der Waals surface area contributed by atoms with Crippen molar-refractivity contribution in [2.24, 2.45) is 0 Å². The molecule has 8 nitrogen and oxygen atoms in total. The molecule has 29 heavy (non-hydrogen) atoms. The lowest BCUT2D eigenvalue weighted by Crippen LogP contribution is -2.41. The third-order valence-corrected chi connectivity index (χ3v) is 4.67. The summed E-state index contributed by atoms with van der Waals surface area (Å²) in [6, 6.07) is 15.5. The Morgan fingerprint density at radius 2 is 1.93 bits per heavy atom. The van der Waals surface area contributed by atoms with Crippen LogP contribution in [0.4, 0.5) is 0 Å². The van der Waals surface area contributed by atoms with Crippen molar-refractivity contribution in [1.82, 2.24) is 25.5 Å². The van der Waals surface area contributed by atoms with Crippen molar-refractivity contribution in [3.8, 4) is 22.9 Å². The number of benzene rings is 2. The van der Waals surface area contributed by atoms with Crippen molar-refractivity contribution in [1.29, 1.82) is 0 Å². The van der Waals surface area contributed by atoms with E-state index >= 15 is 0 Å². The van der Waals surface area contributed by atoms with E-state index in [2.05, 4.69) is 46.7 Å². The summed E-state index contributed by atoms with van der Waals surface area (Å²) in [6.45, 7) is 5.00. The van der Waals surface area contributed by atoms with Crippen molar-refractivity contribution in [3.63, 3.8) is 0 Å². The van der Waals surface area contributed by atoms with Gasteiger partial charge in [-0.15, -0.1) is 10.2 Å². The van der Waals surface area contributed by atoms with E-state index in [1.54, 1.807) is 0 Å². The topological polar surface area (TPSA) is 91.2 Å². The first-order valence-electron chi connectivity index (χ1n) is 9.62. The van der Waals surface area contributed by atoms with Crippen LogP contribution in [0.25, 0.3) is 11.4 Å². The molecule has 150 valence electrons. The Morgan fingerprint density at radius 1 is 1.17 bits per heavy atom. The van der Waals surface area contributed by atoms with E-state index in [4.69, 9.17) is 9.47 Å². The molecule has 0 spiro atoms. The lowest BCUT2D eigenvalue weighted by atomic mass is 10.0. The molecule has 1 unspecified atom stereocenters. The fourth-order valence-electron chi connectivity index (χ4n) is 3.02. The highest BCUT2D eigenvalue weighted by atomic mass is 16.6. The number of ether oxygens (including phenoxy) is 2. The van der Waals surface area contributed by atoms with Crippen LogP contribution < -0.4 is 14.8 Å². The van der Waals surface area contributed by atoms with Crippen LogP contribution in [0.3, 0.4) is 0 Å². The van der Waals surface area contributed by atoms with E-state index in [9.17, 15) is 4.79 Å². The normalized spacial score (nSPS) is 15.3. The van der Waals surface area contributed by atoms with Crippen molar-refractivity contribution < 1.29 is 14.3 Å². The Hall–Kier alpha value is -3.42.